The third kappa shape index (κ3) is 4.53. The summed E-state index contributed by atoms with van der Waals surface area (Å²) < 4.78 is 17.8. The largest absolute Gasteiger partial charge is 0.340 e. The highest BCUT2D eigenvalue weighted by atomic mass is 19.1. The Balaban J connectivity index is 1.29. The molecule has 2 aromatic carbocycles. The Hall–Kier alpha value is -4.58. The highest BCUT2D eigenvalue weighted by molar-refractivity contribution is 6.22. The van der Waals surface area contributed by atoms with Crippen LogP contribution < -0.4 is 21.0 Å². The second kappa shape index (κ2) is 10.1. The van der Waals surface area contributed by atoms with Crippen LogP contribution in [0.2, 0.25) is 0 Å². The lowest BCUT2D eigenvalue weighted by atomic mass is 10.1. The number of nitrogens with zero attached hydrogens (tertiary/aromatic N) is 7. The van der Waals surface area contributed by atoms with Crippen molar-refractivity contribution >= 4 is 34.6 Å². The Morgan fingerprint density at radius 2 is 1.54 bits per heavy atom. The summed E-state index contributed by atoms with van der Waals surface area (Å²) >= 11 is 0. The molecule has 0 saturated carbocycles. The van der Waals surface area contributed by atoms with Crippen LogP contribution in [0, 0.1) is 12.7 Å². The number of benzene rings is 2. The number of aryl methyl sites for hydroxylation is 2. The molecule has 2 amide bonds. The molecule has 0 aliphatic carbocycles. The molecule has 0 bridgehead atoms. The summed E-state index contributed by atoms with van der Waals surface area (Å²) in [5.74, 6) is -0.296. The monoisotopic (exact) mass is 559 g/mol. The predicted molar refractivity (Wildman–Crippen MR) is 152 cm³/mol. The van der Waals surface area contributed by atoms with Gasteiger partial charge in [0.05, 0.1) is 24.7 Å². The van der Waals surface area contributed by atoms with Gasteiger partial charge in [0.15, 0.2) is 11.2 Å². The van der Waals surface area contributed by atoms with Gasteiger partial charge < -0.3 is 4.90 Å². The predicted octanol–water partition coefficient (Wildman–Crippen LogP) is 1.38. The summed E-state index contributed by atoms with van der Waals surface area (Å²) in [7, 11) is 3.00. The number of anilines is 2. The van der Waals surface area contributed by atoms with Gasteiger partial charge in [0.25, 0.3) is 11.5 Å². The van der Waals surface area contributed by atoms with E-state index in [-0.39, 0.29) is 41.8 Å². The average Bonchev–Trinajstić information content (AvgIpc) is 3.49. The first-order chi connectivity index (χ1) is 19.6. The van der Waals surface area contributed by atoms with Crippen molar-refractivity contribution in [3.05, 3.63) is 86.3 Å². The first-order valence-electron chi connectivity index (χ1n) is 13.5. The van der Waals surface area contributed by atoms with Gasteiger partial charge in [0.1, 0.15) is 5.82 Å². The molecule has 4 aromatic rings. The molecule has 0 N–H and O–H groups in total. The topological polar surface area (TPSA) is 106 Å². The van der Waals surface area contributed by atoms with Crippen molar-refractivity contribution in [2.45, 2.75) is 25.9 Å². The van der Waals surface area contributed by atoms with Crippen LogP contribution in [0.1, 0.15) is 17.5 Å². The minimum atomic E-state index is -0.544. The van der Waals surface area contributed by atoms with Crippen LogP contribution in [0.3, 0.4) is 0 Å². The van der Waals surface area contributed by atoms with Crippen molar-refractivity contribution in [2.24, 2.45) is 14.1 Å². The maximum Gasteiger partial charge on any atom is 0.332 e. The third-order valence-corrected chi connectivity index (χ3v) is 8.03. The fourth-order valence-corrected chi connectivity index (χ4v) is 5.70. The number of rotatable bonds is 5. The lowest BCUT2D eigenvalue weighted by Gasteiger charge is -2.37. The molecule has 0 radical (unpaired) electrons. The number of imide groups is 1. The van der Waals surface area contributed by atoms with Crippen LogP contribution in [0.4, 0.5) is 16.0 Å². The summed E-state index contributed by atoms with van der Waals surface area (Å²) in [6.45, 7) is 4.18. The van der Waals surface area contributed by atoms with Gasteiger partial charge in [-0.3, -0.25) is 33.0 Å². The van der Waals surface area contributed by atoms with Gasteiger partial charge in [0.2, 0.25) is 11.9 Å². The molecule has 2 fully saturated rings. The van der Waals surface area contributed by atoms with E-state index in [2.05, 4.69) is 0 Å². The Kier molecular flexibility index (Phi) is 6.57. The SMILES string of the molecule is Cc1ccc(N2C(=O)CC(N3CCN(c4nc5c(c(=O)n(C)c(=O)n5C)n4Cc4ccc(F)cc4)CC3)C2=O)cc1. The van der Waals surface area contributed by atoms with Gasteiger partial charge in [-0.05, 0) is 36.8 Å². The average molecular weight is 560 g/mol. The molecule has 1 atom stereocenters. The normalized spacial score (nSPS) is 18.2. The molecule has 12 heteroatoms. The summed E-state index contributed by atoms with van der Waals surface area (Å²) in [5.41, 5.74) is 2.00. The Morgan fingerprint density at radius 3 is 2.20 bits per heavy atom. The van der Waals surface area contributed by atoms with Crippen molar-refractivity contribution in [1.29, 1.82) is 0 Å². The highest BCUT2D eigenvalue weighted by Gasteiger charge is 2.43. The van der Waals surface area contributed by atoms with Gasteiger partial charge in [-0.25, -0.2) is 14.1 Å². The second-order valence-corrected chi connectivity index (χ2v) is 10.6. The van der Waals surface area contributed by atoms with Crippen LogP contribution in [0.5, 0.6) is 0 Å². The number of hydrogen-bond donors (Lipinski definition) is 0. The van der Waals surface area contributed by atoms with Gasteiger partial charge >= 0.3 is 5.69 Å². The smallest absolute Gasteiger partial charge is 0.332 e. The number of piperazine rings is 1. The number of imidazole rings is 1. The Morgan fingerprint density at radius 1 is 0.878 bits per heavy atom. The standard InChI is InChI=1S/C29H30FN7O4/c1-18-4-10-21(11-5-18)37-23(38)16-22(26(37)39)34-12-14-35(15-13-34)28-31-25-24(27(40)33(3)29(41)32(25)2)36(28)17-19-6-8-20(30)9-7-19/h4-11,22H,12-17H2,1-3H3. The molecule has 1 unspecified atom stereocenters. The minimum Gasteiger partial charge on any atom is -0.340 e. The van der Waals surface area contributed by atoms with E-state index in [1.165, 1.54) is 28.6 Å². The highest BCUT2D eigenvalue weighted by Crippen LogP contribution is 2.28. The van der Waals surface area contributed by atoms with Crippen molar-refractivity contribution in [3.8, 4) is 0 Å². The van der Waals surface area contributed by atoms with Crippen molar-refractivity contribution < 1.29 is 14.0 Å². The summed E-state index contributed by atoms with van der Waals surface area (Å²) in [5, 5.41) is 0. The van der Waals surface area contributed by atoms with E-state index < -0.39 is 17.3 Å². The van der Waals surface area contributed by atoms with Gasteiger partial charge in [-0.15, -0.1) is 0 Å². The molecule has 4 heterocycles. The summed E-state index contributed by atoms with van der Waals surface area (Å²) in [6.07, 6.45) is 0.119. The molecule has 11 nitrogen and oxygen atoms in total. The first kappa shape index (κ1) is 26.6. The van der Waals surface area contributed by atoms with E-state index in [0.29, 0.717) is 37.8 Å². The molecule has 2 aliphatic heterocycles. The van der Waals surface area contributed by atoms with Gasteiger partial charge in [-0.1, -0.05) is 29.8 Å². The maximum atomic E-state index is 13.6. The van der Waals surface area contributed by atoms with E-state index in [9.17, 15) is 23.6 Å². The van der Waals surface area contributed by atoms with E-state index in [4.69, 9.17) is 4.98 Å². The van der Waals surface area contributed by atoms with Crippen LogP contribution in [0.15, 0.2) is 58.1 Å². The van der Waals surface area contributed by atoms with Crippen molar-refractivity contribution in [2.75, 3.05) is 36.0 Å². The number of carbonyl (C=O) groups excluding carboxylic acids is 2. The molecule has 41 heavy (non-hydrogen) atoms. The summed E-state index contributed by atoms with van der Waals surface area (Å²) in [6, 6.07) is 12.8. The van der Waals surface area contributed by atoms with E-state index in [1.807, 2.05) is 28.9 Å². The fraction of sp³-hybridized carbons (Fsp3) is 0.345. The molecule has 2 aromatic heterocycles. The number of fused-ring (bicyclic) bond motifs is 1. The lowest BCUT2D eigenvalue weighted by Crippen LogP contribution is -2.53. The van der Waals surface area contributed by atoms with E-state index in [0.717, 1.165) is 15.7 Å². The second-order valence-electron chi connectivity index (χ2n) is 10.6. The lowest BCUT2D eigenvalue weighted by molar-refractivity contribution is -0.123. The molecular formula is C29H30FN7O4. The third-order valence-electron chi connectivity index (χ3n) is 8.03. The van der Waals surface area contributed by atoms with E-state index >= 15 is 0 Å². The van der Waals surface area contributed by atoms with Crippen LogP contribution in [-0.2, 0) is 30.2 Å². The minimum absolute atomic E-state index is 0.119. The molecular weight excluding hydrogens is 529 g/mol. The zero-order valence-corrected chi connectivity index (χ0v) is 23.1. The Bertz CT molecular complexity index is 1780. The van der Waals surface area contributed by atoms with Crippen molar-refractivity contribution in [3.63, 3.8) is 0 Å². The quantitative estimate of drug-likeness (QED) is 0.340. The van der Waals surface area contributed by atoms with Gasteiger partial charge in [-0.2, -0.15) is 4.98 Å². The number of halogens is 1. The van der Waals surface area contributed by atoms with Gasteiger partial charge in [0, 0.05) is 40.3 Å². The molecule has 2 aliphatic rings. The fourth-order valence-electron chi connectivity index (χ4n) is 5.70. The number of carbonyl (C=O) groups is 2. The maximum absolute atomic E-state index is 13.6. The van der Waals surface area contributed by atoms with Crippen LogP contribution >= 0.6 is 0 Å². The molecule has 6 rings (SSSR count). The first-order valence-corrected chi connectivity index (χ1v) is 13.5. The van der Waals surface area contributed by atoms with Crippen LogP contribution in [-0.4, -0.2) is 67.6 Å². The number of amides is 2. The summed E-state index contributed by atoms with van der Waals surface area (Å²) in [4.78, 5) is 62.1. The number of hydrogen-bond acceptors (Lipinski definition) is 7. The van der Waals surface area contributed by atoms with Crippen molar-refractivity contribution in [1.82, 2.24) is 23.6 Å². The molecule has 212 valence electrons. The zero-order chi connectivity index (χ0) is 29.0. The molecule has 0 spiro atoms. The van der Waals surface area contributed by atoms with Crippen LogP contribution in [0.25, 0.3) is 11.2 Å². The molecule has 2 saturated heterocycles. The number of aromatic nitrogens is 4. The Labute approximate surface area is 234 Å². The zero-order valence-electron chi connectivity index (χ0n) is 23.1. The van der Waals surface area contributed by atoms with E-state index in [1.54, 1.807) is 35.9 Å².